The van der Waals surface area contributed by atoms with Crippen molar-refractivity contribution in [3.8, 4) is 0 Å². The molecule has 1 saturated heterocycles. The number of amides is 1. The molecule has 1 aliphatic heterocycles. The summed E-state index contributed by atoms with van der Waals surface area (Å²) in [6, 6.07) is 15.5. The molecule has 0 saturated carbocycles. The fourth-order valence-corrected chi connectivity index (χ4v) is 3.96. The van der Waals surface area contributed by atoms with E-state index in [9.17, 15) is 9.59 Å². The summed E-state index contributed by atoms with van der Waals surface area (Å²) in [6.07, 6.45) is 4.49. The lowest BCUT2D eigenvalue weighted by Gasteiger charge is -2.33. The Bertz CT molecular complexity index is 764. The highest BCUT2D eigenvalue weighted by molar-refractivity contribution is 5.84. The van der Waals surface area contributed by atoms with E-state index in [0.717, 1.165) is 30.5 Å². The number of rotatable bonds is 6. The molecule has 136 valence electrons. The summed E-state index contributed by atoms with van der Waals surface area (Å²) < 4.78 is 0. The van der Waals surface area contributed by atoms with Gasteiger partial charge in [0, 0.05) is 24.3 Å². The fourth-order valence-electron chi connectivity index (χ4n) is 3.96. The average molecular weight is 350 g/mol. The molecular formula is C22H26N2O2. The summed E-state index contributed by atoms with van der Waals surface area (Å²) in [4.78, 5) is 25.6. The molecule has 3 rings (SSSR count). The van der Waals surface area contributed by atoms with Crippen LogP contribution < -0.4 is 10.6 Å². The summed E-state index contributed by atoms with van der Waals surface area (Å²) in [5.41, 5.74) is 9.59. The number of hydrogen-bond donors (Lipinski definition) is 1. The number of primary amides is 1. The van der Waals surface area contributed by atoms with E-state index in [1.807, 2.05) is 18.2 Å². The molecular weight excluding hydrogens is 324 g/mol. The maximum atomic E-state index is 12.3. The van der Waals surface area contributed by atoms with Crippen molar-refractivity contribution >= 4 is 17.9 Å². The second-order valence-electron chi connectivity index (χ2n) is 7.06. The number of piperidine rings is 1. The molecule has 0 spiro atoms. The maximum Gasteiger partial charge on any atom is 0.225 e. The Kier molecular flexibility index (Phi) is 5.71. The van der Waals surface area contributed by atoms with Crippen molar-refractivity contribution in [2.24, 2.45) is 5.73 Å². The van der Waals surface area contributed by atoms with Crippen molar-refractivity contribution < 1.29 is 9.59 Å². The van der Waals surface area contributed by atoms with E-state index in [0.29, 0.717) is 5.56 Å². The number of nitrogens with two attached hydrogens (primary N) is 1. The minimum atomic E-state index is -0.429. The molecule has 0 aromatic heterocycles. The second-order valence-corrected chi connectivity index (χ2v) is 7.06. The van der Waals surface area contributed by atoms with Gasteiger partial charge in [0.1, 0.15) is 6.29 Å². The molecule has 1 amide bonds. The van der Waals surface area contributed by atoms with Crippen molar-refractivity contribution in [1.29, 1.82) is 0 Å². The topological polar surface area (TPSA) is 63.4 Å². The van der Waals surface area contributed by atoms with E-state index < -0.39 is 5.92 Å². The molecule has 26 heavy (non-hydrogen) atoms. The van der Waals surface area contributed by atoms with Crippen LogP contribution in [0.15, 0.2) is 48.5 Å². The molecule has 2 N–H and O–H groups in total. The predicted octanol–water partition coefficient (Wildman–Crippen LogP) is 3.86. The highest BCUT2D eigenvalue weighted by Crippen LogP contribution is 2.38. The van der Waals surface area contributed by atoms with Gasteiger partial charge in [0.2, 0.25) is 5.91 Å². The Morgan fingerprint density at radius 3 is 2.31 bits per heavy atom. The molecule has 4 heteroatoms. The van der Waals surface area contributed by atoms with Gasteiger partial charge in [-0.25, -0.2) is 0 Å². The molecule has 0 radical (unpaired) electrons. The van der Waals surface area contributed by atoms with Crippen molar-refractivity contribution in [2.75, 3.05) is 18.0 Å². The van der Waals surface area contributed by atoms with Gasteiger partial charge in [0.05, 0.1) is 5.92 Å². The molecule has 2 aromatic rings. The number of hydrogen-bond acceptors (Lipinski definition) is 3. The van der Waals surface area contributed by atoms with Crippen LogP contribution in [0.2, 0.25) is 0 Å². The standard InChI is InChI=1S/C22H26N2O2/c1-16(21(22(23)26)18-11-9-17(15-25)10-12-18)19-7-3-4-8-20(19)24-13-5-2-6-14-24/h3-4,7-12,15-16,21H,2,5-6,13-14H2,1H3,(H2,23,26). The van der Waals surface area contributed by atoms with Gasteiger partial charge in [-0.3, -0.25) is 9.59 Å². The average Bonchev–Trinajstić information content (AvgIpc) is 2.69. The van der Waals surface area contributed by atoms with E-state index in [1.165, 1.54) is 24.9 Å². The van der Waals surface area contributed by atoms with Crippen molar-refractivity contribution in [1.82, 2.24) is 0 Å². The Labute approximate surface area is 155 Å². The van der Waals surface area contributed by atoms with E-state index in [-0.39, 0.29) is 11.8 Å². The van der Waals surface area contributed by atoms with Gasteiger partial charge in [-0.15, -0.1) is 0 Å². The van der Waals surface area contributed by atoms with Crippen LogP contribution in [0.25, 0.3) is 0 Å². The number of para-hydroxylation sites is 1. The second kappa shape index (κ2) is 8.17. The molecule has 1 heterocycles. The first-order valence-corrected chi connectivity index (χ1v) is 9.30. The lowest BCUT2D eigenvalue weighted by atomic mass is 9.81. The lowest BCUT2D eigenvalue weighted by Crippen LogP contribution is -2.32. The van der Waals surface area contributed by atoms with E-state index in [1.54, 1.807) is 12.1 Å². The van der Waals surface area contributed by atoms with Gasteiger partial charge in [-0.05, 0) is 42.4 Å². The Balaban J connectivity index is 1.95. The Hall–Kier alpha value is -2.62. The lowest BCUT2D eigenvalue weighted by molar-refractivity contribution is -0.119. The SMILES string of the molecule is CC(c1ccccc1N1CCCCC1)C(C(N)=O)c1ccc(C=O)cc1. The monoisotopic (exact) mass is 350 g/mol. The number of benzene rings is 2. The van der Waals surface area contributed by atoms with Crippen LogP contribution in [0.4, 0.5) is 5.69 Å². The van der Waals surface area contributed by atoms with Crippen LogP contribution in [0.5, 0.6) is 0 Å². The van der Waals surface area contributed by atoms with E-state index >= 15 is 0 Å². The maximum absolute atomic E-state index is 12.3. The van der Waals surface area contributed by atoms with Crippen LogP contribution >= 0.6 is 0 Å². The third kappa shape index (κ3) is 3.79. The first kappa shape index (κ1) is 18.2. The molecule has 0 bridgehead atoms. The highest BCUT2D eigenvalue weighted by atomic mass is 16.1. The summed E-state index contributed by atoms with van der Waals surface area (Å²) in [5, 5.41) is 0. The van der Waals surface area contributed by atoms with E-state index in [4.69, 9.17) is 5.73 Å². The quantitative estimate of drug-likeness (QED) is 0.805. The van der Waals surface area contributed by atoms with Crippen molar-refractivity contribution in [3.63, 3.8) is 0 Å². The van der Waals surface area contributed by atoms with Crippen LogP contribution in [0.3, 0.4) is 0 Å². The number of nitrogens with zero attached hydrogens (tertiary/aromatic N) is 1. The highest BCUT2D eigenvalue weighted by Gasteiger charge is 2.29. The van der Waals surface area contributed by atoms with Gasteiger partial charge < -0.3 is 10.6 Å². The third-order valence-electron chi connectivity index (χ3n) is 5.36. The minimum Gasteiger partial charge on any atom is -0.371 e. The summed E-state index contributed by atoms with van der Waals surface area (Å²) in [5.74, 6) is -0.820. The normalized spacial score (nSPS) is 16.7. The molecule has 4 nitrogen and oxygen atoms in total. The largest absolute Gasteiger partial charge is 0.371 e. The first-order chi connectivity index (χ1) is 12.6. The zero-order valence-corrected chi connectivity index (χ0v) is 15.2. The van der Waals surface area contributed by atoms with Crippen LogP contribution in [0, 0.1) is 0 Å². The fraction of sp³-hybridized carbons (Fsp3) is 0.364. The van der Waals surface area contributed by atoms with Crippen molar-refractivity contribution in [3.05, 3.63) is 65.2 Å². The molecule has 1 fully saturated rings. The van der Waals surface area contributed by atoms with Gasteiger partial charge in [-0.1, -0.05) is 49.4 Å². The number of carbonyl (C=O) groups excluding carboxylic acids is 2. The predicted molar refractivity (Wildman–Crippen MR) is 105 cm³/mol. The molecule has 1 aliphatic rings. The van der Waals surface area contributed by atoms with E-state index in [2.05, 4.69) is 30.0 Å². The van der Waals surface area contributed by atoms with Gasteiger partial charge in [-0.2, -0.15) is 0 Å². The molecule has 2 unspecified atom stereocenters. The Morgan fingerprint density at radius 2 is 1.69 bits per heavy atom. The first-order valence-electron chi connectivity index (χ1n) is 9.30. The van der Waals surface area contributed by atoms with Gasteiger partial charge in [0.25, 0.3) is 0 Å². The van der Waals surface area contributed by atoms with Crippen molar-refractivity contribution in [2.45, 2.75) is 38.0 Å². The molecule has 0 aliphatic carbocycles. The number of aldehydes is 1. The van der Waals surface area contributed by atoms with Crippen LogP contribution in [-0.2, 0) is 4.79 Å². The molecule has 2 aromatic carbocycles. The van der Waals surface area contributed by atoms with Crippen LogP contribution in [-0.4, -0.2) is 25.3 Å². The minimum absolute atomic E-state index is 0.0484. The summed E-state index contributed by atoms with van der Waals surface area (Å²) in [7, 11) is 0. The van der Waals surface area contributed by atoms with Crippen LogP contribution in [0.1, 0.15) is 59.5 Å². The molecule has 2 atom stereocenters. The summed E-state index contributed by atoms with van der Waals surface area (Å²) in [6.45, 7) is 4.17. The Morgan fingerprint density at radius 1 is 1.04 bits per heavy atom. The summed E-state index contributed by atoms with van der Waals surface area (Å²) >= 11 is 0. The zero-order chi connectivity index (χ0) is 18.5. The smallest absolute Gasteiger partial charge is 0.225 e. The number of carbonyl (C=O) groups is 2. The van der Waals surface area contributed by atoms with Gasteiger partial charge in [0.15, 0.2) is 0 Å². The van der Waals surface area contributed by atoms with Gasteiger partial charge >= 0.3 is 0 Å². The zero-order valence-electron chi connectivity index (χ0n) is 15.2. The third-order valence-corrected chi connectivity index (χ3v) is 5.36. The number of anilines is 1.